The van der Waals surface area contributed by atoms with E-state index in [0.29, 0.717) is 30.3 Å². The SMILES string of the molecule is O=C(c1cccc2c1OCCCO2)N1CCC(O)(C(=O)O)CC1. The molecule has 1 aromatic carbocycles. The molecule has 124 valence electrons. The molecule has 0 bridgehead atoms. The lowest BCUT2D eigenvalue weighted by atomic mass is 9.91. The lowest BCUT2D eigenvalue weighted by Gasteiger charge is -2.35. The number of hydrogen-bond donors (Lipinski definition) is 2. The zero-order chi connectivity index (χ0) is 16.4. The Hall–Kier alpha value is -2.28. The second-order valence-electron chi connectivity index (χ2n) is 5.81. The Morgan fingerprint density at radius 2 is 1.83 bits per heavy atom. The molecule has 7 nitrogen and oxygen atoms in total. The van der Waals surface area contributed by atoms with Crippen LogP contribution in [0.2, 0.25) is 0 Å². The van der Waals surface area contributed by atoms with E-state index < -0.39 is 11.6 Å². The standard InChI is InChI=1S/C16H19NO6/c18-14(17-7-5-16(21,6-8-17)15(19)20)11-3-1-4-12-13(11)23-10-2-9-22-12/h1,3-4,21H,2,5-10H2,(H,19,20). The smallest absolute Gasteiger partial charge is 0.335 e. The van der Waals surface area contributed by atoms with Crippen molar-refractivity contribution < 1.29 is 29.3 Å². The number of ether oxygens (including phenoxy) is 2. The number of aliphatic carboxylic acids is 1. The number of carboxylic acid groups (broad SMARTS) is 1. The Kier molecular flexibility index (Phi) is 4.12. The predicted molar refractivity (Wildman–Crippen MR) is 79.8 cm³/mol. The molecule has 7 heteroatoms. The number of piperidine rings is 1. The normalized spacial score (nSPS) is 19.8. The van der Waals surface area contributed by atoms with Gasteiger partial charge < -0.3 is 24.6 Å². The van der Waals surface area contributed by atoms with E-state index in [9.17, 15) is 14.7 Å². The molecule has 2 aliphatic rings. The molecule has 2 heterocycles. The fourth-order valence-corrected chi connectivity index (χ4v) is 2.83. The van der Waals surface area contributed by atoms with Crippen LogP contribution in [0.4, 0.5) is 0 Å². The molecule has 0 radical (unpaired) electrons. The van der Waals surface area contributed by atoms with Crippen molar-refractivity contribution in [3.63, 3.8) is 0 Å². The number of hydrogen-bond acceptors (Lipinski definition) is 5. The van der Waals surface area contributed by atoms with E-state index >= 15 is 0 Å². The van der Waals surface area contributed by atoms with E-state index in [1.165, 1.54) is 0 Å². The van der Waals surface area contributed by atoms with Gasteiger partial charge in [0.15, 0.2) is 17.1 Å². The topological polar surface area (TPSA) is 96.3 Å². The monoisotopic (exact) mass is 321 g/mol. The molecule has 1 fully saturated rings. The molecular weight excluding hydrogens is 302 g/mol. The number of para-hydroxylation sites is 1. The Balaban J connectivity index is 1.79. The Morgan fingerprint density at radius 3 is 2.52 bits per heavy atom. The zero-order valence-electron chi connectivity index (χ0n) is 12.7. The van der Waals surface area contributed by atoms with Crippen LogP contribution in [0.1, 0.15) is 29.6 Å². The van der Waals surface area contributed by atoms with Crippen molar-refractivity contribution >= 4 is 11.9 Å². The molecule has 3 rings (SSSR count). The number of carbonyl (C=O) groups excluding carboxylic acids is 1. The highest BCUT2D eigenvalue weighted by Crippen LogP contribution is 2.34. The van der Waals surface area contributed by atoms with Crippen molar-refractivity contribution in [2.75, 3.05) is 26.3 Å². The average Bonchev–Trinajstić information content (AvgIpc) is 2.80. The Morgan fingerprint density at radius 1 is 1.13 bits per heavy atom. The maximum Gasteiger partial charge on any atom is 0.335 e. The van der Waals surface area contributed by atoms with Crippen LogP contribution in [0.25, 0.3) is 0 Å². The molecule has 2 aliphatic heterocycles. The lowest BCUT2D eigenvalue weighted by Crippen LogP contribution is -2.50. The molecule has 0 aliphatic carbocycles. The quantitative estimate of drug-likeness (QED) is 0.840. The Bertz CT molecular complexity index is 621. The molecule has 0 aromatic heterocycles. The number of carbonyl (C=O) groups is 2. The maximum atomic E-state index is 12.7. The van der Waals surface area contributed by atoms with E-state index in [-0.39, 0.29) is 31.8 Å². The van der Waals surface area contributed by atoms with Crippen LogP contribution in [-0.4, -0.2) is 58.9 Å². The van der Waals surface area contributed by atoms with E-state index in [0.717, 1.165) is 6.42 Å². The van der Waals surface area contributed by atoms with Gasteiger partial charge in [0.05, 0.1) is 18.8 Å². The summed E-state index contributed by atoms with van der Waals surface area (Å²) in [6, 6.07) is 5.17. The van der Waals surface area contributed by atoms with Crippen LogP contribution in [0.5, 0.6) is 11.5 Å². The van der Waals surface area contributed by atoms with E-state index in [2.05, 4.69) is 0 Å². The number of fused-ring (bicyclic) bond motifs is 1. The molecule has 1 aromatic rings. The molecule has 0 spiro atoms. The molecule has 1 saturated heterocycles. The first kappa shape index (κ1) is 15.6. The number of aliphatic hydroxyl groups is 1. The van der Waals surface area contributed by atoms with Gasteiger partial charge in [-0.25, -0.2) is 4.79 Å². The summed E-state index contributed by atoms with van der Waals surface area (Å²) in [6.07, 6.45) is 0.776. The summed E-state index contributed by atoms with van der Waals surface area (Å²) in [5.41, 5.74) is -1.34. The van der Waals surface area contributed by atoms with Crippen molar-refractivity contribution in [1.29, 1.82) is 0 Å². The fraction of sp³-hybridized carbons (Fsp3) is 0.500. The van der Waals surface area contributed by atoms with Crippen molar-refractivity contribution in [1.82, 2.24) is 4.90 Å². The van der Waals surface area contributed by atoms with Crippen LogP contribution in [-0.2, 0) is 4.79 Å². The van der Waals surface area contributed by atoms with Gasteiger partial charge in [0, 0.05) is 32.4 Å². The number of benzene rings is 1. The number of rotatable bonds is 2. The van der Waals surface area contributed by atoms with Crippen molar-refractivity contribution in [3.05, 3.63) is 23.8 Å². The minimum absolute atomic E-state index is 0.0143. The third-order valence-electron chi connectivity index (χ3n) is 4.28. The molecule has 0 atom stereocenters. The summed E-state index contributed by atoms with van der Waals surface area (Å²) in [7, 11) is 0. The number of likely N-dealkylation sites (tertiary alicyclic amines) is 1. The van der Waals surface area contributed by atoms with Gasteiger partial charge in [-0.15, -0.1) is 0 Å². The van der Waals surface area contributed by atoms with Gasteiger partial charge in [-0.3, -0.25) is 4.79 Å². The van der Waals surface area contributed by atoms with Gasteiger partial charge >= 0.3 is 5.97 Å². The van der Waals surface area contributed by atoms with E-state index in [4.69, 9.17) is 14.6 Å². The first-order chi connectivity index (χ1) is 11.0. The van der Waals surface area contributed by atoms with Crippen LogP contribution in [0.3, 0.4) is 0 Å². The van der Waals surface area contributed by atoms with E-state index in [1.54, 1.807) is 23.1 Å². The summed E-state index contributed by atoms with van der Waals surface area (Å²) in [4.78, 5) is 25.3. The highest BCUT2D eigenvalue weighted by molar-refractivity contribution is 5.98. The zero-order valence-corrected chi connectivity index (χ0v) is 12.7. The summed E-state index contributed by atoms with van der Waals surface area (Å²) < 4.78 is 11.2. The summed E-state index contributed by atoms with van der Waals surface area (Å²) in [6.45, 7) is 1.40. The van der Waals surface area contributed by atoms with Crippen LogP contribution < -0.4 is 9.47 Å². The van der Waals surface area contributed by atoms with Gasteiger partial charge in [0.1, 0.15) is 0 Å². The largest absolute Gasteiger partial charge is 0.490 e. The molecule has 0 unspecified atom stereocenters. The maximum absolute atomic E-state index is 12.7. The molecule has 1 amide bonds. The van der Waals surface area contributed by atoms with Gasteiger partial charge in [-0.1, -0.05) is 6.07 Å². The predicted octanol–water partition coefficient (Wildman–Crippen LogP) is 0.900. The number of nitrogens with zero attached hydrogens (tertiary/aromatic N) is 1. The minimum atomic E-state index is -1.75. The van der Waals surface area contributed by atoms with E-state index in [1.807, 2.05) is 0 Å². The second-order valence-corrected chi connectivity index (χ2v) is 5.81. The van der Waals surface area contributed by atoms with Crippen LogP contribution in [0, 0.1) is 0 Å². The third kappa shape index (κ3) is 2.96. The van der Waals surface area contributed by atoms with Gasteiger partial charge in [-0.2, -0.15) is 0 Å². The highest BCUT2D eigenvalue weighted by atomic mass is 16.5. The summed E-state index contributed by atoms with van der Waals surface area (Å²) in [5.74, 6) is -0.490. The summed E-state index contributed by atoms with van der Waals surface area (Å²) in [5, 5.41) is 19.0. The highest BCUT2D eigenvalue weighted by Gasteiger charge is 2.41. The average molecular weight is 321 g/mol. The Labute approximate surface area is 133 Å². The van der Waals surface area contributed by atoms with Crippen molar-refractivity contribution in [3.8, 4) is 11.5 Å². The third-order valence-corrected chi connectivity index (χ3v) is 4.28. The molecule has 2 N–H and O–H groups in total. The molecular formula is C16H19NO6. The van der Waals surface area contributed by atoms with Crippen LogP contribution in [0.15, 0.2) is 18.2 Å². The second kappa shape index (κ2) is 6.08. The van der Waals surface area contributed by atoms with Gasteiger partial charge in [-0.05, 0) is 12.1 Å². The molecule has 0 saturated carbocycles. The first-order valence-electron chi connectivity index (χ1n) is 7.65. The number of amides is 1. The van der Waals surface area contributed by atoms with Gasteiger partial charge in [0.2, 0.25) is 0 Å². The van der Waals surface area contributed by atoms with Gasteiger partial charge in [0.25, 0.3) is 5.91 Å². The van der Waals surface area contributed by atoms with Crippen molar-refractivity contribution in [2.45, 2.75) is 24.9 Å². The molecule has 23 heavy (non-hydrogen) atoms. The minimum Gasteiger partial charge on any atom is -0.490 e. The van der Waals surface area contributed by atoms with Crippen LogP contribution >= 0.6 is 0 Å². The fourth-order valence-electron chi connectivity index (χ4n) is 2.83. The number of carboxylic acids is 1. The summed E-state index contributed by atoms with van der Waals surface area (Å²) >= 11 is 0. The van der Waals surface area contributed by atoms with Crippen molar-refractivity contribution in [2.24, 2.45) is 0 Å². The first-order valence-corrected chi connectivity index (χ1v) is 7.65. The lowest BCUT2D eigenvalue weighted by molar-refractivity contribution is -0.162.